The molecule has 0 heterocycles. The number of methoxy groups -OCH3 is 1. The maximum absolute atomic E-state index is 12.6. The number of sulfonamides is 1. The molecule has 0 aliphatic rings. The molecule has 1 amide bonds. The number of ether oxygens (including phenoxy) is 1. The topological polar surface area (TPSA) is 88.1 Å². The van der Waals surface area contributed by atoms with E-state index in [1.54, 1.807) is 33.1 Å². The van der Waals surface area contributed by atoms with E-state index in [1.807, 2.05) is 12.1 Å². The lowest BCUT2D eigenvalue weighted by Gasteiger charge is -2.18. The Hall–Kier alpha value is -2.71. The zero-order valence-electron chi connectivity index (χ0n) is 15.5. The molecule has 0 radical (unpaired) electrons. The van der Waals surface area contributed by atoms with Gasteiger partial charge in [0.2, 0.25) is 10.0 Å². The van der Waals surface area contributed by atoms with Crippen LogP contribution in [0.2, 0.25) is 0 Å². The Labute approximate surface area is 159 Å². The average Bonchev–Trinajstić information content (AvgIpc) is 2.69. The Bertz CT molecular complexity index is 922. The summed E-state index contributed by atoms with van der Waals surface area (Å²) >= 11 is 0. The van der Waals surface area contributed by atoms with Crippen molar-refractivity contribution in [2.75, 3.05) is 20.2 Å². The molecule has 0 saturated heterocycles. The fraction of sp³-hybridized carbons (Fsp3) is 0.263. The largest absolute Gasteiger partial charge is 0.496 e. The molecule has 144 valence electrons. The Morgan fingerprint density at radius 1 is 1.15 bits per heavy atom. The lowest BCUT2D eigenvalue weighted by Crippen LogP contribution is -2.30. The number of hydrogen-bond donors (Lipinski definition) is 1. The predicted octanol–water partition coefficient (Wildman–Crippen LogP) is 2.49. The molecule has 0 saturated carbocycles. The lowest BCUT2D eigenvalue weighted by molar-refractivity contribution is 0.0955. The van der Waals surface area contributed by atoms with E-state index in [1.165, 1.54) is 34.8 Å². The molecule has 0 aromatic heterocycles. The third-order valence-corrected chi connectivity index (χ3v) is 5.99. The summed E-state index contributed by atoms with van der Waals surface area (Å²) in [6.07, 6.45) is 1.47. The zero-order valence-corrected chi connectivity index (χ0v) is 16.4. The second kappa shape index (κ2) is 9.29. The van der Waals surface area contributed by atoms with Crippen LogP contribution in [0, 0.1) is 0 Å². The number of carbonyl (C=O) groups is 1. The Morgan fingerprint density at radius 2 is 1.85 bits per heavy atom. The van der Waals surface area contributed by atoms with Crippen molar-refractivity contribution in [3.63, 3.8) is 0 Å². The zero-order chi connectivity index (χ0) is 19.9. The molecule has 7 nitrogen and oxygen atoms in total. The fourth-order valence-electron chi connectivity index (χ4n) is 2.51. The van der Waals surface area contributed by atoms with Gasteiger partial charge in [-0.05, 0) is 30.3 Å². The highest BCUT2D eigenvalue weighted by Crippen LogP contribution is 2.17. The highest BCUT2D eigenvalue weighted by molar-refractivity contribution is 7.89. The molecule has 0 aliphatic carbocycles. The van der Waals surface area contributed by atoms with E-state index in [9.17, 15) is 13.2 Å². The van der Waals surface area contributed by atoms with Crippen LogP contribution in [0.15, 0.2) is 58.5 Å². The van der Waals surface area contributed by atoms with Gasteiger partial charge in [0.1, 0.15) is 5.75 Å². The second-order valence-electron chi connectivity index (χ2n) is 5.56. The summed E-state index contributed by atoms with van der Waals surface area (Å²) < 4.78 is 31.7. The number of nitrogens with one attached hydrogen (secondary N) is 1. The van der Waals surface area contributed by atoms with Crippen LogP contribution in [0.25, 0.3) is 0 Å². The maximum Gasteiger partial charge on any atom is 0.271 e. The van der Waals surface area contributed by atoms with Gasteiger partial charge in [-0.15, -0.1) is 0 Å². The van der Waals surface area contributed by atoms with Crippen molar-refractivity contribution >= 4 is 22.1 Å². The van der Waals surface area contributed by atoms with Crippen LogP contribution in [0.3, 0.4) is 0 Å². The normalized spacial score (nSPS) is 11.7. The van der Waals surface area contributed by atoms with Gasteiger partial charge < -0.3 is 4.74 Å². The predicted molar refractivity (Wildman–Crippen MR) is 105 cm³/mol. The molecular weight excluding hydrogens is 366 g/mol. The number of amides is 1. The first-order chi connectivity index (χ1) is 12.9. The molecule has 0 bridgehead atoms. The molecule has 0 atom stereocenters. The van der Waals surface area contributed by atoms with Crippen molar-refractivity contribution in [1.29, 1.82) is 0 Å². The van der Waals surface area contributed by atoms with E-state index >= 15 is 0 Å². The summed E-state index contributed by atoms with van der Waals surface area (Å²) in [5, 5.41) is 3.92. The van der Waals surface area contributed by atoms with Gasteiger partial charge in [-0.25, -0.2) is 13.8 Å². The number of hydrogen-bond acceptors (Lipinski definition) is 5. The minimum atomic E-state index is -3.63. The summed E-state index contributed by atoms with van der Waals surface area (Å²) in [6, 6.07) is 13.1. The summed E-state index contributed by atoms with van der Waals surface area (Å²) in [5.41, 5.74) is 3.32. The van der Waals surface area contributed by atoms with Crippen molar-refractivity contribution in [1.82, 2.24) is 9.73 Å². The van der Waals surface area contributed by atoms with Crippen LogP contribution in [0.5, 0.6) is 5.75 Å². The third kappa shape index (κ3) is 4.93. The summed E-state index contributed by atoms with van der Waals surface area (Å²) in [7, 11) is -2.08. The van der Waals surface area contributed by atoms with E-state index in [-0.39, 0.29) is 10.5 Å². The van der Waals surface area contributed by atoms with Crippen LogP contribution < -0.4 is 10.2 Å². The molecular formula is C19H23N3O4S. The maximum atomic E-state index is 12.6. The van der Waals surface area contributed by atoms with Crippen molar-refractivity contribution in [2.24, 2.45) is 5.10 Å². The van der Waals surface area contributed by atoms with Crippen molar-refractivity contribution in [3.05, 3.63) is 59.7 Å². The Kier molecular flexibility index (Phi) is 7.09. The Morgan fingerprint density at radius 3 is 2.52 bits per heavy atom. The van der Waals surface area contributed by atoms with Gasteiger partial charge in [0.05, 0.1) is 18.2 Å². The average molecular weight is 389 g/mol. The van der Waals surface area contributed by atoms with Crippen molar-refractivity contribution < 1.29 is 17.9 Å². The molecule has 2 aromatic carbocycles. The van der Waals surface area contributed by atoms with E-state index in [0.29, 0.717) is 24.4 Å². The highest BCUT2D eigenvalue weighted by atomic mass is 32.2. The first-order valence-corrected chi connectivity index (χ1v) is 9.94. The smallest absolute Gasteiger partial charge is 0.271 e. The van der Waals surface area contributed by atoms with Gasteiger partial charge in [0.25, 0.3) is 5.91 Å². The van der Waals surface area contributed by atoms with Gasteiger partial charge in [-0.1, -0.05) is 32.0 Å². The quantitative estimate of drug-likeness (QED) is 0.555. The van der Waals surface area contributed by atoms with E-state index in [0.717, 1.165) is 0 Å². The minimum absolute atomic E-state index is 0.0764. The molecule has 2 aromatic rings. The van der Waals surface area contributed by atoms with E-state index < -0.39 is 15.9 Å². The van der Waals surface area contributed by atoms with Gasteiger partial charge >= 0.3 is 0 Å². The first kappa shape index (κ1) is 20.6. The van der Waals surface area contributed by atoms with Crippen LogP contribution >= 0.6 is 0 Å². The molecule has 8 heteroatoms. The van der Waals surface area contributed by atoms with E-state index in [2.05, 4.69) is 10.5 Å². The standard InChI is InChI=1S/C19H23N3O4S/c1-4-22(5-2)27(24,25)17-11-8-10-15(13-17)19(23)21-20-14-16-9-6-7-12-18(16)26-3/h6-14H,4-5H2,1-3H3,(H,21,23)/b20-14+. The third-order valence-electron chi connectivity index (χ3n) is 3.95. The van der Waals surface area contributed by atoms with E-state index in [4.69, 9.17) is 4.74 Å². The van der Waals surface area contributed by atoms with Gasteiger partial charge in [-0.2, -0.15) is 9.41 Å². The van der Waals surface area contributed by atoms with Gasteiger partial charge in [0, 0.05) is 24.2 Å². The number of benzene rings is 2. The summed E-state index contributed by atoms with van der Waals surface area (Å²) in [5.74, 6) is 0.126. The molecule has 0 unspecified atom stereocenters. The van der Waals surface area contributed by atoms with Gasteiger partial charge in [-0.3, -0.25) is 4.79 Å². The lowest BCUT2D eigenvalue weighted by atomic mass is 10.2. The van der Waals surface area contributed by atoms with Crippen molar-refractivity contribution in [3.8, 4) is 5.75 Å². The second-order valence-corrected chi connectivity index (χ2v) is 7.50. The highest BCUT2D eigenvalue weighted by Gasteiger charge is 2.22. The van der Waals surface area contributed by atoms with Crippen LogP contribution in [0.1, 0.15) is 29.8 Å². The fourth-order valence-corrected chi connectivity index (χ4v) is 4.01. The molecule has 0 aliphatic heterocycles. The molecule has 2 rings (SSSR count). The van der Waals surface area contributed by atoms with Gasteiger partial charge in [0.15, 0.2) is 0 Å². The molecule has 1 N–H and O–H groups in total. The van der Waals surface area contributed by atoms with Crippen LogP contribution in [-0.4, -0.2) is 45.0 Å². The molecule has 0 fully saturated rings. The number of rotatable bonds is 8. The number of hydrazone groups is 1. The number of nitrogens with zero attached hydrogens (tertiary/aromatic N) is 2. The molecule has 0 spiro atoms. The van der Waals surface area contributed by atoms with Crippen LogP contribution in [0.4, 0.5) is 0 Å². The first-order valence-electron chi connectivity index (χ1n) is 8.50. The number of para-hydroxylation sites is 1. The SMILES string of the molecule is CCN(CC)S(=O)(=O)c1cccc(C(=O)N/N=C/c2ccccc2OC)c1. The monoisotopic (exact) mass is 389 g/mol. The summed E-state index contributed by atoms with van der Waals surface area (Å²) in [4.78, 5) is 12.4. The molecule has 27 heavy (non-hydrogen) atoms. The number of carbonyl (C=O) groups excluding carboxylic acids is 1. The van der Waals surface area contributed by atoms with Crippen LogP contribution in [-0.2, 0) is 10.0 Å². The minimum Gasteiger partial charge on any atom is -0.496 e. The van der Waals surface area contributed by atoms with Crippen molar-refractivity contribution in [2.45, 2.75) is 18.7 Å². The Balaban J connectivity index is 2.17. The summed E-state index contributed by atoms with van der Waals surface area (Å²) in [6.45, 7) is 4.26.